The van der Waals surface area contributed by atoms with Crippen LogP contribution in [0.1, 0.15) is 12.8 Å². The van der Waals surface area contributed by atoms with Crippen molar-refractivity contribution in [2.75, 3.05) is 44.3 Å². The van der Waals surface area contributed by atoms with Gasteiger partial charge in [0.05, 0.1) is 25.6 Å². The molecule has 0 aromatic carbocycles. The largest absolute Gasteiger partial charge is 0.473 e. The van der Waals surface area contributed by atoms with Gasteiger partial charge in [0.15, 0.2) is 5.82 Å². The molecule has 2 aliphatic rings. The summed E-state index contributed by atoms with van der Waals surface area (Å²) in [7, 11) is 0. The van der Waals surface area contributed by atoms with Crippen LogP contribution in [-0.4, -0.2) is 55.5 Å². The number of hydrogen-bond donors (Lipinski definition) is 1. The Kier molecular flexibility index (Phi) is 4.10. The quantitative estimate of drug-likeness (QED) is 0.855. The third kappa shape index (κ3) is 3.33. The Labute approximate surface area is 113 Å². The van der Waals surface area contributed by atoms with E-state index >= 15 is 0 Å². The average molecular weight is 264 g/mol. The van der Waals surface area contributed by atoms with Crippen molar-refractivity contribution in [3.05, 3.63) is 12.4 Å². The second kappa shape index (κ2) is 6.16. The van der Waals surface area contributed by atoms with Crippen molar-refractivity contribution < 1.29 is 9.47 Å². The van der Waals surface area contributed by atoms with Crippen molar-refractivity contribution in [3.8, 4) is 5.88 Å². The van der Waals surface area contributed by atoms with Crippen LogP contribution in [0, 0.1) is 0 Å². The summed E-state index contributed by atoms with van der Waals surface area (Å²) < 4.78 is 11.3. The first-order valence-corrected chi connectivity index (χ1v) is 6.94. The van der Waals surface area contributed by atoms with Crippen molar-refractivity contribution in [2.24, 2.45) is 0 Å². The molecule has 1 N–H and O–H groups in total. The van der Waals surface area contributed by atoms with E-state index in [2.05, 4.69) is 20.2 Å². The first kappa shape index (κ1) is 12.6. The van der Waals surface area contributed by atoms with Crippen LogP contribution in [0.5, 0.6) is 5.88 Å². The highest BCUT2D eigenvalue weighted by Crippen LogP contribution is 2.18. The molecule has 2 saturated heterocycles. The molecule has 0 unspecified atom stereocenters. The molecule has 6 nitrogen and oxygen atoms in total. The monoisotopic (exact) mass is 264 g/mol. The molecule has 19 heavy (non-hydrogen) atoms. The summed E-state index contributed by atoms with van der Waals surface area (Å²) in [6.07, 6.45) is 5.81. The van der Waals surface area contributed by atoms with Gasteiger partial charge in [-0.15, -0.1) is 0 Å². The van der Waals surface area contributed by atoms with Crippen LogP contribution in [-0.2, 0) is 4.74 Å². The van der Waals surface area contributed by atoms with Gasteiger partial charge in [0.2, 0.25) is 5.88 Å². The van der Waals surface area contributed by atoms with Gasteiger partial charge in [0.1, 0.15) is 6.10 Å². The second-order valence-corrected chi connectivity index (χ2v) is 4.88. The summed E-state index contributed by atoms with van der Waals surface area (Å²) in [4.78, 5) is 11.0. The number of anilines is 1. The lowest BCUT2D eigenvalue weighted by atomic mass is 10.1. The number of nitrogens with one attached hydrogen (secondary N) is 1. The lowest BCUT2D eigenvalue weighted by molar-refractivity contribution is 0.122. The molecule has 3 heterocycles. The van der Waals surface area contributed by atoms with Gasteiger partial charge in [0, 0.05) is 13.1 Å². The normalized spacial score (nSPS) is 21.4. The van der Waals surface area contributed by atoms with Gasteiger partial charge >= 0.3 is 0 Å². The third-order valence-electron chi connectivity index (χ3n) is 3.51. The molecule has 0 aliphatic carbocycles. The number of aromatic nitrogens is 2. The lowest BCUT2D eigenvalue weighted by Crippen LogP contribution is -2.37. The zero-order valence-electron chi connectivity index (χ0n) is 11.0. The minimum Gasteiger partial charge on any atom is -0.473 e. The molecule has 104 valence electrons. The SMILES string of the molecule is c1ncc(N2CCOCC2)nc1OC1CCNCC1. The predicted octanol–water partition coefficient (Wildman–Crippen LogP) is 0.444. The summed E-state index contributed by atoms with van der Waals surface area (Å²) in [6.45, 7) is 5.27. The number of rotatable bonds is 3. The topological polar surface area (TPSA) is 59.5 Å². The molecule has 0 radical (unpaired) electrons. The van der Waals surface area contributed by atoms with Crippen LogP contribution in [0.4, 0.5) is 5.82 Å². The number of nitrogens with zero attached hydrogens (tertiary/aromatic N) is 3. The van der Waals surface area contributed by atoms with E-state index in [9.17, 15) is 0 Å². The van der Waals surface area contributed by atoms with E-state index in [1.54, 1.807) is 12.4 Å². The molecular formula is C13H20N4O2. The fraction of sp³-hybridized carbons (Fsp3) is 0.692. The molecule has 1 aromatic rings. The van der Waals surface area contributed by atoms with E-state index in [0.29, 0.717) is 5.88 Å². The van der Waals surface area contributed by atoms with Gasteiger partial charge in [-0.25, -0.2) is 0 Å². The molecule has 2 fully saturated rings. The molecule has 0 saturated carbocycles. The molecule has 0 spiro atoms. The Morgan fingerprint density at radius 1 is 1.21 bits per heavy atom. The summed E-state index contributed by atoms with van der Waals surface area (Å²) >= 11 is 0. The first-order valence-electron chi connectivity index (χ1n) is 6.94. The highest BCUT2D eigenvalue weighted by molar-refractivity contribution is 5.37. The maximum atomic E-state index is 5.92. The maximum Gasteiger partial charge on any atom is 0.234 e. The number of morpholine rings is 1. The first-order chi connectivity index (χ1) is 9.42. The zero-order chi connectivity index (χ0) is 12.9. The molecular weight excluding hydrogens is 244 g/mol. The lowest BCUT2D eigenvalue weighted by Gasteiger charge is -2.28. The van der Waals surface area contributed by atoms with Crippen LogP contribution in [0.2, 0.25) is 0 Å². The number of ether oxygens (including phenoxy) is 2. The van der Waals surface area contributed by atoms with E-state index in [4.69, 9.17) is 9.47 Å². The van der Waals surface area contributed by atoms with Gasteiger partial charge in [-0.05, 0) is 25.9 Å². The van der Waals surface area contributed by atoms with E-state index in [1.807, 2.05) is 0 Å². The van der Waals surface area contributed by atoms with Crippen LogP contribution in [0.3, 0.4) is 0 Å². The van der Waals surface area contributed by atoms with E-state index < -0.39 is 0 Å². The second-order valence-electron chi connectivity index (χ2n) is 4.88. The summed E-state index contributed by atoms with van der Waals surface area (Å²) in [6, 6.07) is 0. The smallest absolute Gasteiger partial charge is 0.234 e. The van der Waals surface area contributed by atoms with Crippen molar-refractivity contribution in [3.63, 3.8) is 0 Å². The van der Waals surface area contributed by atoms with Gasteiger partial charge in [-0.1, -0.05) is 0 Å². The van der Waals surface area contributed by atoms with E-state index in [-0.39, 0.29) is 6.10 Å². The molecule has 0 bridgehead atoms. The molecule has 0 atom stereocenters. The van der Waals surface area contributed by atoms with Crippen LogP contribution in [0.15, 0.2) is 12.4 Å². The minimum atomic E-state index is 0.260. The standard InChI is InChI=1S/C13H20N4O2/c1-3-14-4-2-11(1)19-13-10-15-9-12(16-13)17-5-7-18-8-6-17/h9-11,14H,1-8H2. The van der Waals surface area contributed by atoms with Gasteiger partial charge < -0.3 is 19.7 Å². The fourth-order valence-corrected chi connectivity index (χ4v) is 2.42. The van der Waals surface area contributed by atoms with Gasteiger partial charge in [-0.2, -0.15) is 4.98 Å². The molecule has 2 aliphatic heterocycles. The zero-order valence-corrected chi connectivity index (χ0v) is 11.0. The molecule has 0 amide bonds. The highest BCUT2D eigenvalue weighted by Gasteiger charge is 2.17. The Balaban J connectivity index is 1.64. The Hall–Kier alpha value is -1.40. The highest BCUT2D eigenvalue weighted by atomic mass is 16.5. The van der Waals surface area contributed by atoms with Crippen molar-refractivity contribution in [2.45, 2.75) is 18.9 Å². The van der Waals surface area contributed by atoms with Crippen molar-refractivity contribution in [1.82, 2.24) is 15.3 Å². The van der Waals surface area contributed by atoms with E-state index in [1.165, 1.54) is 0 Å². The summed E-state index contributed by atoms with van der Waals surface area (Å²) in [5, 5.41) is 3.33. The third-order valence-corrected chi connectivity index (χ3v) is 3.51. The van der Waals surface area contributed by atoms with Crippen molar-refractivity contribution in [1.29, 1.82) is 0 Å². The van der Waals surface area contributed by atoms with Crippen LogP contribution >= 0.6 is 0 Å². The van der Waals surface area contributed by atoms with Gasteiger partial charge in [0.25, 0.3) is 0 Å². The fourth-order valence-electron chi connectivity index (χ4n) is 2.42. The van der Waals surface area contributed by atoms with E-state index in [0.717, 1.165) is 58.1 Å². The molecule has 3 rings (SSSR count). The minimum absolute atomic E-state index is 0.260. The number of hydrogen-bond acceptors (Lipinski definition) is 6. The average Bonchev–Trinajstić information content (AvgIpc) is 2.49. The van der Waals surface area contributed by atoms with Crippen LogP contribution in [0.25, 0.3) is 0 Å². The van der Waals surface area contributed by atoms with Crippen LogP contribution < -0.4 is 15.0 Å². The molecule has 6 heteroatoms. The number of piperidine rings is 1. The Morgan fingerprint density at radius 3 is 2.79 bits per heavy atom. The van der Waals surface area contributed by atoms with Crippen molar-refractivity contribution >= 4 is 5.82 Å². The summed E-state index contributed by atoms with van der Waals surface area (Å²) in [5.74, 6) is 1.52. The Morgan fingerprint density at radius 2 is 2.00 bits per heavy atom. The summed E-state index contributed by atoms with van der Waals surface area (Å²) in [5.41, 5.74) is 0. The maximum absolute atomic E-state index is 5.92. The Bertz CT molecular complexity index is 403. The van der Waals surface area contributed by atoms with Gasteiger partial charge in [-0.3, -0.25) is 4.98 Å². The predicted molar refractivity (Wildman–Crippen MR) is 71.6 cm³/mol. The molecule has 1 aromatic heterocycles.